The maximum atomic E-state index is 12.4. The van der Waals surface area contributed by atoms with Crippen molar-refractivity contribution in [2.24, 2.45) is 7.05 Å². The van der Waals surface area contributed by atoms with E-state index in [-0.39, 0.29) is 17.9 Å². The lowest BCUT2D eigenvalue weighted by molar-refractivity contribution is 0.0689. The Kier molecular flexibility index (Phi) is 4.46. The second-order valence-electron chi connectivity index (χ2n) is 5.91. The molecule has 2 amide bonds. The third-order valence-corrected chi connectivity index (χ3v) is 4.32. The van der Waals surface area contributed by atoms with Gasteiger partial charge in [-0.3, -0.25) is 9.59 Å². The van der Waals surface area contributed by atoms with Crippen LogP contribution in [0.4, 0.5) is 0 Å². The number of nitrogens with zero attached hydrogens (tertiary/aromatic N) is 2. The van der Waals surface area contributed by atoms with Crippen LogP contribution in [-0.4, -0.2) is 40.4 Å². The van der Waals surface area contributed by atoms with Gasteiger partial charge in [-0.15, -0.1) is 0 Å². The van der Waals surface area contributed by atoms with E-state index in [2.05, 4.69) is 5.32 Å². The van der Waals surface area contributed by atoms with E-state index in [4.69, 9.17) is 0 Å². The molecule has 1 aliphatic rings. The van der Waals surface area contributed by atoms with Crippen molar-refractivity contribution in [1.82, 2.24) is 14.8 Å². The topological polar surface area (TPSA) is 54.3 Å². The van der Waals surface area contributed by atoms with Gasteiger partial charge in [0.25, 0.3) is 11.8 Å². The summed E-state index contributed by atoms with van der Waals surface area (Å²) in [5, 5.41) is 3.06. The zero-order valence-electron chi connectivity index (χ0n) is 13.2. The van der Waals surface area contributed by atoms with Gasteiger partial charge >= 0.3 is 0 Å². The lowest BCUT2D eigenvalue weighted by Gasteiger charge is -2.32. The Morgan fingerprint density at radius 2 is 1.74 bits per heavy atom. The van der Waals surface area contributed by atoms with Gasteiger partial charge in [0.1, 0.15) is 5.69 Å². The zero-order chi connectivity index (χ0) is 16.2. The summed E-state index contributed by atoms with van der Waals surface area (Å²) in [7, 11) is 1.88. The van der Waals surface area contributed by atoms with Crippen LogP contribution in [0.5, 0.6) is 0 Å². The summed E-state index contributed by atoms with van der Waals surface area (Å²) < 4.78 is 1.84. The van der Waals surface area contributed by atoms with E-state index in [0.29, 0.717) is 24.3 Å². The van der Waals surface area contributed by atoms with Crippen LogP contribution in [0.1, 0.15) is 33.7 Å². The Morgan fingerprint density at radius 1 is 1.04 bits per heavy atom. The van der Waals surface area contributed by atoms with Crippen molar-refractivity contribution in [3.8, 4) is 0 Å². The van der Waals surface area contributed by atoms with E-state index in [1.165, 1.54) is 0 Å². The normalized spacial score (nSPS) is 15.4. The smallest absolute Gasteiger partial charge is 0.270 e. The van der Waals surface area contributed by atoms with Crippen LogP contribution < -0.4 is 5.32 Å². The predicted molar refractivity (Wildman–Crippen MR) is 88.2 cm³/mol. The number of hydrogen-bond donors (Lipinski definition) is 1. The van der Waals surface area contributed by atoms with Crippen LogP contribution in [0.3, 0.4) is 0 Å². The Bertz CT molecular complexity index is 685. The molecule has 1 aliphatic heterocycles. The van der Waals surface area contributed by atoms with Gasteiger partial charge < -0.3 is 14.8 Å². The minimum Gasteiger partial charge on any atom is -0.349 e. The van der Waals surface area contributed by atoms with Crippen LogP contribution in [0.15, 0.2) is 48.7 Å². The third kappa shape index (κ3) is 3.44. The summed E-state index contributed by atoms with van der Waals surface area (Å²) in [6, 6.07) is 13.1. The van der Waals surface area contributed by atoms with Crippen molar-refractivity contribution in [2.75, 3.05) is 13.1 Å². The molecule has 0 atom stereocenters. The van der Waals surface area contributed by atoms with Crippen molar-refractivity contribution < 1.29 is 9.59 Å². The van der Waals surface area contributed by atoms with E-state index in [1.54, 1.807) is 0 Å². The first-order valence-electron chi connectivity index (χ1n) is 7.91. The molecule has 1 N–H and O–H groups in total. The van der Waals surface area contributed by atoms with Crippen LogP contribution in [0.25, 0.3) is 0 Å². The first kappa shape index (κ1) is 15.3. The van der Waals surface area contributed by atoms with Gasteiger partial charge in [-0.25, -0.2) is 0 Å². The number of hydrogen-bond acceptors (Lipinski definition) is 2. The molecule has 1 aromatic heterocycles. The highest BCUT2D eigenvalue weighted by molar-refractivity contribution is 5.94. The maximum Gasteiger partial charge on any atom is 0.270 e. The monoisotopic (exact) mass is 311 g/mol. The number of aromatic nitrogens is 1. The summed E-state index contributed by atoms with van der Waals surface area (Å²) in [6.07, 6.45) is 3.45. The summed E-state index contributed by atoms with van der Waals surface area (Å²) in [6.45, 7) is 1.34. The Hall–Kier alpha value is -2.56. The van der Waals surface area contributed by atoms with Gasteiger partial charge in [-0.1, -0.05) is 18.2 Å². The molecule has 0 spiro atoms. The maximum absolute atomic E-state index is 12.4. The molecule has 120 valence electrons. The van der Waals surface area contributed by atoms with E-state index >= 15 is 0 Å². The summed E-state index contributed by atoms with van der Waals surface area (Å²) in [5.41, 5.74) is 1.38. The molecule has 5 heteroatoms. The molecule has 2 heterocycles. The number of aryl methyl sites for hydroxylation is 1. The van der Waals surface area contributed by atoms with Crippen LogP contribution >= 0.6 is 0 Å². The van der Waals surface area contributed by atoms with E-state index in [0.717, 1.165) is 12.8 Å². The Morgan fingerprint density at radius 3 is 2.35 bits per heavy atom. The second-order valence-corrected chi connectivity index (χ2v) is 5.91. The van der Waals surface area contributed by atoms with Gasteiger partial charge in [0.15, 0.2) is 0 Å². The number of benzene rings is 1. The molecule has 0 radical (unpaired) electrons. The minimum atomic E-state index is -0.0437. The molecule has 2 aromatic rings. The number of carbonyl (C=O) groups excluding carboxylic acids is 2. The van der Waals surface area contributed by atoms with Gasteiger partial charge in [-0.2, -0.15) is 0 Å². The van der Waals surface area contributed by atoms with Crippen molar-refractivity contribution in [1.29, 1.82) is 0 Å². The van der Waals surface area contributed by atoms with Gasteiger partial charge in [0.2, 0.25) is 0 Å². The predicted octanol–water partition coefficient (Wildman–Crippen LogP) is 2.06. The molecule has 0 saturated carbocycles. The van der Waals surface area contributed by atoms with Gasteiger partial charge in [-0.05, 0) is 37.1 Å². The van der Waals surface area contributed by atoms with Gasteiger partial charge in [0, 0.05) is 37.9 Å². The van der Waals surface area contributed by atoms with Crippen LogP contribution in [-0.2, 0) is 7.05 Å². The van der Waals surface area contributed by atoms with Gasteiger partial charge in [0.05, 0.1) is 0 Å². The number of nitrogens with one attached hydrogen (secondary N) is 1. The summed E-state index contributed by atoms with van der Waals surface area (Å²) in [5.74, 6) is 0.0168. The Balaban J connectivity index is 1.54. The lowest BCUT2D eigenvalue weighted by Crippen LogP contribution is -2.46. The first-order valence-corrected chi connectivity index (χ1v) is 7.91. The Labute approximate surface area is 135 Å². The fourth-order valence-corrected chi connectivity index (χ4v) is 2.93. The standard InChI is InChI=1S/C18H21N3O2/c1-20-11-5-8-16(20)18(23)21-12-9-15(10-13-21)19-17(22)14-6-3-2-4-7-14/h2-8,11,15H,9-10,12-13H2,1H3,(H,19,22). The quantitative estimate of drug-likeness (QED) is 0.943. The van der Waals surface area contributed by atoms with Crippen molar-refractivity contribution in [3.63, 3.8) is 0 Å². The number of carbonyl (C=O) groups is 2. The molecular formula is C18H21N3O2. The molecule has 1 fully saturated rings. The lowest BCUT2D eigenvalue weighted by atomic mass is 10.0. The highest BCUT2D eigenvalue weighted by Crippen LogP contribution is 2.15. The average molecular weight is 311 g/mol. The fraction of sp³-hybridized carbons (Fsp3) is 0.333. The highest BCUT2D eigenvalue weighted by Gasteiger charge is 2.25. The molecule has 1 aromatic carbocycles. The molecule has 0 aliphatic carbocycles. The van der Waals surface area contributed by atoms with Crippen LogP contribution in [0, 0.1) is 0 Å². The highest BCUT2D eigenvalue weighted by atomic mass is 16.2. The van der Waals surface area contributed by atoms with E-state index < -0.39 is 0 Å². The second kappa shape index (κ2) is 6.69. The summed E-state index contributed by atoms with van der Waals surface area (Å²) >= 11 is 0. The summed E-state index contributed by atoms with van der Waals surface area (Å²) in [4.78, 5) is 26.5. The minimum absolute atomic E-state index is 0.0437. The van der Waals surface area contributed by atoms with E-state index in [1.807, 2.05) is 65.2 Å². The number of piperidine rings is 1. The third-order valence-electron chi connectivity index (χ3n) is 4.32. The van der Waals surface area contributed by atoms with Crippen molar-refractivity contribution in [3.05, 3.63) is 59.9 Å². The first-order chi connectivity index (χ1) is 11.1. The SMILES string of the molecule is Cn1cccc1C(=O)N1CCC(NC(=O)c2ccccc2)CC1. The molecule has 5 nitrogen and oxygen atoms in total. The zero-order valence-corrected chi connectivity index (χ0v) is 13.2. The molecule has 0 bridgehead atoms. The molecule has 23 heavy (non-hydrogen) atoms. The van der Waals surface area contributed by atoms with Crippen molar-refractivity contribution in [2.45, 2.75) is 18.9 Å². The van der Waals surface area contributed by atoms with Crippen molar-refractivity contribution >= 4 is 11.8 Å². The number of likely N-dealkylation sites (tertiary alicyclic amines) is 1. The largest absolute Gasteiger partial charge is 0.349 e. The fourth-order valence-electron chi connectivity index (χ4n) is 2.93. The molecule has 0 unspecified atom stereocenters. The molecular weight excluding hydrogens is 290 g/mol. The average Bonchev–Trinajstić information content (AvgIpc) is 3.02. The van der Waals surface area contributed by atoms with Crippen LogP contribution in [0.2, 0.25) is 0 Å². The molecule has 1 saturated heterocycles. The van der Waals surface area contributed by atoms with E-state index in [9.17, 15) is 9.59 Å². The number of rotatable bonds is 3. The number of amides is 2. The molecule has 3 rings (SSSR count).